The zero-order valence-corrected chi connectivity index (χ0v) is 16.5. The molecular weight excluding hydrogens is 318 g/mol. The highest BCUT2D eigenvalue weighted by Gasteiger charge is 2.26. The number of hydrogen-bond acceptors (Lipinski definition) is 5. The average molecular weight is 358 g/mol. The Hall–Kier alpha value is -0.850. The SMILES string of the molecule is CC(C)C(CC(O)C(N)CC1CCCCC1)NC(=O)OCCN(C)C. The van der Waals surface area contributed by atoms with Gasteiger partial charge < -0.3 is 25.8 Å². The minimum absolute atomic E-state index is 0.140. The highest BCUT2D eigenvalue weighted by atomic mass is 16.5. The fourth-order valence-electron chi connectivity index (χ4n) is 3.41. The summed E-state index contributed by atoms with van der Waals surface area (Å²) in [5.74, 6) is 0.845. The van der Waals surface area contributed by atoms with E-state index in [0.717, 1.165) is 6.42 Å². The first-order valence-electron chi connectivity index (χ1n) is 9.81. The molecule has 1 rings (SSSR count). The number of aliphatic hydroxyl groups excluding tert-OH is 1. The number of rotatable bonds is 10. The summed E-state index contributed by atoms with van der Waals surface area (Å²) in [7, 11) is 3.87. The molecule has 0 radical (unpaired) electrons. The van der Waals surface area contributed by atoms with Crippen LogP contribution in [0.25, 0.3) is 0 Å². The summed E-state index contributed by atoms with van der Waals surface area (Å²) < 4.78 is 5.19. The second kappa shape index (κ2) is 11.7. The standard InChI is InChI=1S/C19H39N3O3/c1-14(2)17(21-19(24)25-11-10-22(3)4)13-18(23)16(20)12-15-8-6-5-7-9-15/h14-18,23H,5-13,20H2,1-4H3,(H,21,24). The van der Waals surface area contributed by atoms with Crippen LogP contribution in [0.15, 0.2) is 0 Å². The molecule has 3 unspecified atom stereocenters. The molecule has 0 bridgehead atoms. The lowest BCUT2D eigenvalue weighted by Gasteiger charge is -2.30. The lowest BCUT2D eigenvalue weighted by atomic mass is 9.83. The molecule has 1 saturated carbocycles. The number of ether oxygens (including phenoxy) is 1. The summed E-state index contributed by atoms with van der Waals surface area (Å²) >= 11 is 0. The van der Waals surface area contributed by atoms with Gasteiger partial charge in [-0.05, 0) is 38.8 Å². The van der Waals surface area contributed by atoms with Crippen molar-refractivity contribution in [2.24, 2.45) is 17.6 Å². The molecule has 25 heavy (non-hydrogen) atoms. The number of nitrogens with one attached hydrogen (secondary N) is 1. The second-order valence-corrected chi connectivity index (χ2v) is 8.14. The Balaban J connectivity index is 2.39. The number of aliphatic hydroxyl groups is 1. The van der Waals surface area contributed by atoms with Crippen molar-refractivity contribution >= 4 is 6.09 Å². The normalized spacial score (nSPS) is 19.7. The minimum Gasteiger partial charge on any atom is -0.448 e. The van der Waals surface area contributed by atoms with E-state index in [1.807, 2.05) is 32.8 Å². The molecule has 6 heteroatoms. The molecule has 148 valence electrons. The number of alkyl carbamates (subject to hydrolysis) is 1. The van der Waals surface area contributed by atoms with E-state index in [1.54, 1.807) is 0 Å². The van der Waals surface area contributed by atoms with Crippen molar-refractivity contribution in [1.82, 2.24) is 10.2 Å². The van der Waals surface area contributed by atoms with Gasteiger partial charge in [-0.2, -0.15) is 0 Å². The Morgan fingerprint density at radius 1 is 1.28 bits per heavy atom. The molecule has 0 heterocycles. The van der Waals surface area contributed by atoms with Crippen molar-refractivity contribution in [2.75, 3.05) is 27.2 Å². The van der Waals surface area contributed by atoms with E-state index < -0.39 is 12.2 Å². The Kier molecular flexibility index (Phi) is 10.4. The quantitative estimate of drug-likeness (QED) is 0.558. The van der Waals surface area contributed by atoms with Crippen LogP contribution in [0.1, 0.15) is 58.8 Å². The predicted molar refractivity (Wildman–Crippen MR) is 101 cm³/mol. The van der Waals surface area contributed by atoms with Gasteiger partial charge in [0, 0.05) is 18.6 Å². The fraction of sp³-hybridized carbons (Fsp3) is 0.947. The lowest BCUT2D eigenvalue weighted by molar-refractivity contribution is 0.0921. The third-order valence-electron chi connectivity index (χ3n) is 5.20. The number of hydrogen-bond donors (Lipinski definition) is 3. The highest BCUT2D eigenvalue weighted by molar-refractivity contribution is 5.67. The van der Waals surface area contributed by atoms with E-state index in [1.165, 1.54) is 32.1 Å². The summed E-state index contributed by atoms with van der Waals surface area (Å²) in [6, 6.07) is -0.366. The van der Waals surface area contributed by atoms with Crippen molar-refractivity contribution in [1.29, 1.82) is 0 Å². The van der Waals surface area contributed by atoms with Crippen LogP contribution < -0.4 is 11.1 Å². The molecule has 0 saturated heterocycles. The van der Waals surface area contributed by atoms with Crippen molar-refractivity contribution in [3.8, 4) is 0 Å². The number of likely N-dealkylation sites (N-methyl/N-ethyl adjacent to an activating group) is 1. The van der Waals surface area contributed by atoms with E-state index >= 15 is 0 Å². The summed E-state index contributed by atoms with van der Waals surface area (Å²) in [4.78, 5) is 13.9. The van der Waals surface area contributed by atoms with Crippen LogP contribution in [0.4, 0.5) is 4.79 Å². The van der Waals surface area contributed by atoms with Crippen LogP contribution in [0, 0.1) is 11.8 Å². The molecule has 0 spiro atoms. The maximum Gasteiger partial charge on any atom is 0.407 e. The number of carbonyl (C=O) groups is 1. The van der Waals surface area contributed by atoms with Gasteiger partial charge in [-0.25, -0.2) is 4.79 Å². The maximum absolute atomic E-state index is 11.9. The molecule has 1 fully saturated rings. The summed E-state index contributed by atoms with van der Waals surface area (Å²) in [5, 5.41) is 13.4. The number of amides is 1. The lowest BCUT2D eigenvalue weighted by Crippen LogP contribution is -2.46. The average Bonchev–Trinajstić information content (AvgIpc) is 2.54. The largest absolute Gasteiger partial charge is 0.448 e. The van der Waals surface area contributed by atoms with Crippen molar-refractivity contribution in [3.05, 3.63) is 0 Å². The van der Waals surface area contributed by atoms with E-state index in [-0.39, 0.29) is 18.0 Å². The van der Waals surface area contributed by atoms with E-state index in [9.17, 15) is 9.90 Å². The van der Waals surface area contributed by atoms with Crippen molar-refractivity contribution in [2.45, 2.75) is 77.0 Å². The Morgan fingerprint density at radius 3 is 2.48 bits per heavy atom. The van der Waals surface area contributed by atoms with Gasteiger partial charge in [0.15, 0.2) is 0 Å². The third-order valence-corrected chi connectivity index (χ3v) is 5.20. The van der Waals surface area contributed by atoms with Crippen LogP contribution in [0.5, 0.6) is 0 Å². The minimum atomic E-state index is -0.601. The molecule has 0 aliphatic heterocycles. The van der Waals surface area contributed by atoms with E-state index in [0.29, 0.717) is 25.5 Å². The molecular formula is C19H39N3O3. The van der Waals surface area contributed by atoms with Crippen LogP contribution in [-0.2, 0) is 4.74 Å². The Labute approximate surface area is 153 Å². The third kappa shape index (κ3) is 9.42. The zero-order valence-electron chi connectivity index (χ0n) is 16.5. The van der Waals surface area contributed by atoms with Crippen molar-refractivity contribution in [3.63, 3.8) is 0 Å². The van der Waals surface area contributed by atoms with Gasteiger partial charge in [0.25, 0.3) is 0 Å². The predicted octanol–water partition coefficient (Wildman–Crippen LogP) is 2.35. The summed E-state index contributed by atoms with van der Waals surface area (Å²) in [6.07, 6.45) is 6.65. The molecule has 0 aromatic rings. The van der Waals surface area contributed by atoms with Gasteiger partial charge in [0.2, 0.25) is 0 Å². The van der Waals surface area contributed by atoms with Crippen LogP contribution in [0.2, 0.25) is 0 Å². The summed E-state index contributed by atoms with van der Waals surface area (Å²) in [6.45, 7) is 5.11. The first-order valence-corrected chi connectivity index (χ1v) is 9.81. The molecule has 4 N–H and O–H groups in total. The van der Waals surface area contributed by atoms with E-state index in [4.69, 9.17) is 10.5 Å². The Bertz CT molecular complexity index is 371. The van der Waals surface area contributed by atoms with Crippen LogP contribution in [-0.4, -0.2) is 61.5 Å². The number of nitrogens with zero attached hydrogens (tertiary/aromatic N) is 1. The number of nitrogens with two attached hydrogens (primary N) is 1. The van der Waals surface area contributed by atoms with Crippen LogP contribution >= 0.6 is 0 Å². The molecule has 1 aliphatic rings. The fourth-order valence-corrected chi connectivity index (χ4v) is 3.41. The van der Waals surface area contributed by atoms with Gasteiger partial charge in [-0.3, -0.25) is 0 Å². The molecule has 0 aromatic heterocycles. The van der Waals surface area contributed by atoms with Gasteiger partial charge in [-0.15, -0.1) is 0 Å². The first kappa shape index (κ1) is 22.2. The first-order chi connectivity index (χ1) is 11.8. The topological polar surface area (TPSA) is 87.8 Å². The smallest absolute Gasteiger partial charge is 0.407 e. The van der Waals surface area contributed by atoms with Gasteiger partial charge in [-0.1, -0.05) is 46.0 Å². The molecule has 0 aromatic carbocycles. The van der Waals surface area contributed by atoms with Gasteiger partial charge in [0.05, 0.1) is 6.10 Å². The molecule has 3 atom stereocenters. The molecule has 6 nitrogen and oxygen atoms in total. The highest BCUT2D eigenvalue weighted by Crippen LogP contribution is 2.28. The number of carbonyl (C=O) groups excluding carboxylic acids is 1. The van der Waals surface area contributed by atoms with Crippen molar-refractivity contribution < 1.29 is 14.6 Å². The molecule has 1 aliphatic carbocycles. The maximum atomic E-state index is 11.9. The molecule has 1 amide bonds. The summed E-state index contributed by atoms with van der Waals surface area (Å²) in [5.41, 5.74) is 6.24. The zero-order chi connectivity index (χ0) is 18.8. The Morgan fingerprint density at radius 2 is 1.92 bits per heavy atom. The second-order valence-electron chi connectivity index (χ2n) is 8.14. The van der Waals surface area contributed by atoms with E-state index in [2.05, 4.69) is 5.32 Å². The van der Waals surface area contributed by atoms with Gasteiger partial charge >= 0.3 is 6.09 Å². The van der Waals surface area contributed by atoms with Gasteiger partial charge in [0.1, 0.15) is 6.61 Å². The monoisotopic (exact) mass is 357 g/mol. The van der Waals surface area contributed by atoms with Crippen LogP contribution in [0.3, 0.4) is 0 Å².